The van der Waals surface area contributed by atoms with Crippen LogP contribution in [0.3, 0.4) is 0 Å². The number of hydrogen-bond donors (Lipinski definition) is 1. The Bertz CT molecular complexity index is 381. The van der Waals surface area contributed by atoms with Gasteiger partial charge in [0.1, 0.15) is 5.75 Å². The standard InChI is InChI=1S/C10H11F4NO/c1-16-9-3-8(12)7(11)2-6(9)4-10(13,14)5-15/h2-3H,4-5,15H2,1H3. The SMILES string of the molecule is COc1cc(F)c(F)cc1CC(F)(F)CN. The van der Waals surface area contributed by atoms with E-state index in [4.69, 9.17) is 10.5 Å². The second-order valence-corrected chi connectivity index (χ2v) is 3.32. The topological polar surface area (TPSA) is 35.2 Å². The van der Waals surface area contributed by atoms with Gasteiger partial charge in [-0.25, -0.2) is 17.6 Å². The molecule has 1 aromatic rings. The van der Waals surface area contributed by atoms with Crippen molar-refractivity contribution in [3.63, 3.8) is 0 Å². The maximum Gasteiger partial charge on any atom is 0.264 e. The van der Waals surface area contributed by atoms with Crippen molar-refractivity contribution in [1.82, 2.24) is 0 Å². The average molecular weight is 237 g/mol. The molecule has 0 saturated heterocycles. The van der Waals surface area contributed by atoms with Gasteiger partial charge in [0, 0.05) is 18.1 Å². The number of rotatable bonds is 4. The van der Waals surface area contributed by atoms with Gasteiger partial charge in [-0.2, -0.15) is 0 Å². The molecule has 6 heteroatoms. The third kappa shape index (κ3) is 2.85. The molecule has 1 aromatic carbocycles. The first-order valence-corrected chi connectivity index (χ1v) is 4.49. The zero-order valence-electron chi connectivity index (χ0n) is 8.57. The van der Waals surface area contributed by atoms with Crippen molar-refractivity contribution in [3.05, 3.63) is 29.3 Å². The summed E-state index contributed by atoms with van der Waals surface area (Å²) in [4.78, 5) is 0. The lowest BCUT2D eigenvalue weighted by atomic mass is 10.1. The lowest BCUT2D eigenvalue weighted by Crippen LogP contribution is -2.30. The molecule has 0 fully saturated rings. The minimum absolute atomic E-state index is 0.114. The van der Waals surface area contributed by atoms with Crippen LogP contribution in [0.15, 0.2) is 12.1 Å². The number of ether oxygens (including phenoxy) is 1. The van der Waals surface area contributed by atoms with Crippen LogP contribution in [0, 0.1) is 11.6 Å². The third-order valence-corrected chi connectivity index (χ3v) is 2.07. The van der Waals surface area contributed by atoms with Crippen LogP contribution in [-0.2, 0) is 6.42 Å². The molecule has 0 atom stereocenters. The molecule has 0 aliphatic rings. The van der Waals surface area contributed by atoms with Crippen molar-refractivity contribution < 1.29 is 22.3 Å². The van der Waals surface area contributed by atoms with Crippen LogP contribution in [-0.4, -0.2) is 19.6 Å². The van der Waals surface area contributed by atoms with E-state index in [9.17, 15) is 17.6 Å². The highest BCUT2D eigenvalue weighted by molar-refractivity contribution is 5.35. The molecule has 0 aromatic heterocycles. The monoisotopic (exact) mass is 237 g/mol. The van der Waals surface area contributed by atoms with Gasteiger partial charge >= 0.3 is 0 Å². The predicted molar refractivity (Wildman–Crippen MR) is 50.6 cm³/mol. The van der Waals surface area contributed by atoms with E-state index in [1.54, 1.807) is 0 Å². The number of benzene rings is 1. The molecular formula is C10H11F4NO. The van der Waals surface area contributed by atoms with Gasteiger partial charge in [0.05, 0.1) is 13.7 Å². The van der Waals surface area contributed by atoms with Crippen LogP contribution < -0.4 is 10.5 Å². The average Bonchev–Trinajstić information content (AvgIpc) is 2.22. The van der Waals surface area contributed by atoms with Crippen LogP contribution in [0.1, 0.15) is 5.56 Å². The van der Waals surface area contributed by atoms with Crippen LogP contribution in [0.25, 0.3) is 0 Å². The van der Waals surface area contributed by atoms with Crippen LogP contribution in [0.5, 0.6) is 5.75 Å². The molecule has 0 bridgehead atoms. The Kier molecular flexibility index (Phi) is 3.74. The Hall–Kier alpha value is -1.30. The first-order valence-electron chi connectivity index (χ1n) is 4.49. The van der Waals surface area contributed by atoms with E-state index < -0.39 is 30.5 Å². The third-order valence-electron chi connectivity index (χ3n) is 2.07. The van der Waals surface area contributed by atoms with Crippen LogP contribution in [0.2, 0.25) is 0 Å². The molecule has 0 heterocycles. The lowest BCUT2D eigenvalue weighted by molar-refractivity contribution is 0.0109. The summed E-state index contributed by atoms with van der Waals surface area (Å²) in [6, 6.07) is 1.43. The zero-order chi connectivity index (χ0) is 12.3. The number of halogens is 4. The summed E-state index contributed by atoms with van der Waals surface area (Å²) < 4.78 is 56.3. The molecule has 2 N–H and O–H groups in total. The fourth-order valence-electron chi connectivity index (χ4n) is 1.25. The van der Waals surface area contributed by atoms with Gasteiger partial charge in [-0.15, -0.1) is 0 Å². The number of nitrogens with two attached hydrogens (primary N) is 1. The van der Waals surface area contributed by atoms with Crippen LogP contribution in [0.4, 0.5) is 17.6 Å². The van der Waals surface area contributed by atoms with Gasteiger partial charge in [0.2, 0.25) is 0 Å². The zero-order valence-corrected chi connectivity index (χ0v) is 8.57. The van der Waals surface area contributed by atoms with Gasteiger partial charge in [-0.05, 0) is 6.07 Å². The van der Waals surface area contributed by atoms with Gasteiger partial charge < -0.3 is 10.5 Å². The summed E-state index contributed by atoms with van der Waals surface area (Å²) in [6.07, 6.45) is -0.788. The van der Waals surface area contributed by atoms with Crippen LogP contribution >= 0.6 is 0 Å². The first-order chi connectivity index (χ1) is 7.39. The van der Waals surface area contributed by atoms with Gasteiger partial charge in [-0.3, -0.25) is 0 Å². The maximum atomic E-state index is 13.0. The first kappa shape index (κ1) is 12.8. The van der Waals surface area contributed by atoms with E-state index in [0.29, 0.717) is 6.07 Å². The van der Waals surface area contributed by atoms with Crippen molar-refractivity contribution in [1.29, 1.82) is 0 Å². The van der Waals surface area contributed by atoms with Crippen molar-refractivity contribution in [2.45, 2.75) is 12.3 Å². The fraction of sp³-hybridized carbons (Fsp3) is 0.400. The molecule has 16 heavy (non-hydrogen) atoms. The molecule has 0 unspecified atom stereocenters. The minimum atomic E-state index is -3.17. The molecule has 0 aliphatic heterocycles. The van der Waals surface area contributed by atoms with Gasteiger partial charge in [0.25, 0.3) is 5.92 Å². The van der Waals surface area contributed by atoms with Crippen molar-refractivity contribution in [2.75, 3.05) is 13.7 Å². The van der Waals surface area contributed by atoms with E-state index in [-0.39, 0.29) is 11.3 Å². The molecule has 90 valence electrons. The predicted octanol–water partition coefficient (Wildman–Crippen LogP) is 2.11. The van der Waals surface area contributed by atoms with Crippen molar-refractivity contribution in [3.8, 4) is 5.75 Å². The molecular weight excluding hydrogens is 226 g/mol. The second-order valence-electron chi connectivity index (χ2n) is 3.32. The molecule has 0 spiro atoms. The highest BCUT2D eigenvalue weighted by Gasteiger charge is 2.29. The van der Waals surface area contributed by atoms with Crippen molar-refractivity contribution >= 4 is 0 Å². The van der Waals surface area contributed by atoms with Gasteiger partial charge in [0.15, 0.2) is 11.6 Å². The molecule has 0 saturated carbocycles. The normalized spacial score (nSPS) is 11.6. The number of alkyl halides is 2. The molecule has 0 aliphatic carbocycles. The highest BCUT2D eigenvalue weighted by Crippen LogP contribution is 2.28. The summed E-state index contributed by atoms with van der Waals surface area (Å²) in [5.74, 6) is -5.62. The molecule has 0 amide bonds. The summed E-state index contributed by atoms with van der Waals surface area (Å²) in [6.45, 7) is -0.866. The molecule has 2 nitrogen and oxygen atoms in total. The Morgan fingerprint density at radius 1 is 1.25 bits per heavy atom. The minimum Gasteiger partial charge on any atom is -0.496 e. The summed E-state index contributed by atoms with van der Waals surface area (Å²) in [7, 11) is 1.19. The fourth-order valence-corrected chi connectivity index (χ4v) is 1.25. The summed E-state index contributed by atoms with van der Waals surface area (Å²) in [5.41, 5.74) is 4.74. The number of hydrogen-bond acceptors (Lipinski definition) is 2. The maximum absolute atomic E-state index is 13.0. The second kappa shape index (κ2) is 4.69. The number of methoxy groups -OCH3 is 1. The largest absolute Gasteiger partial charge is 0.496 e. The van der Waals surface area contributed by atoms with E-state index >= 15 is 0 Å². The Balaban J connectivity index is 3.08. The smallest absolute Gasteiger partial charge is 0.264 e. The Morgan fingerprint density at radius 2 is 1.81 bits per heavy atom. The van der Waals surface area contributed by atoms with E-state index in [1.165, 1.54) is 7.11 Å². The van der Waals surface area contributed by atoms with E-state index in [0.717, 1.165) is 6.07 Å². The summed E-state index contributed by atoms with van der Waals surface area (Å²) in [5, 5.41) is 0. The quantitative estimate of drug-likeness (QED) is 0.814. The highest BCUT2D eigenvalue weighted by atomic mass is 19.3. The molecule has 1 rings (SSSR count). The lowest BCUT2D eigenvalue weighted by Gasteiger charge is -2.16. The van der Waals surface area contributed by atoms with E-state index in [1.807, 2.05) is 0 Å². The Labute approximate surface area is 90.0 Å². The Morgan fingerprint density at radius 3 is 2.31 bits per heavy atom. The van der Waals surface area contributed by atoms with Gasteiger partial charge in [-0.1, -0.05) is 0 Å². The van der Waals surface area contributed by atoms with Crippen molar-refractivity contribution in [2.24, 2.45) is 5.73 Å². The summed E-state index contributed by atoms with van der Waals surface area (Å²) >= 11 is 0. The van der Waals surface area contributed by atoms with E-state index in [2.05, 4.69) is 0 Å². The molecule has 0 radical (unpaired) electrons.